The molecular weight excluding hydrogens is 204 g/mol. The van der Waals surface area contributed by atoms with Gasteiger partial charge >= 0.3 is 5.97 Å². The Kier molecular flexibility index (Phi) is 3.97. The predicted molar refractivity (Wildman–Crippen MR) is 64.5 cm³/mol. The van der Waals surface area contributed by atoms with Gasteiger partial charge in [-0.25, -0.2) is 0 Å². The van der Waals surface area contributed by atoms with E-state index in [4.69, 9.17) is 0 Å². The summed E-state index contributed by atoms with van der Waals surface area (Å²) in [5.74, 6) is -0.765. The van der Waals surface area contributed by atoms with Gasteiger partial charge in [-0.1, -0.05) is 20.8 Å². The van der Waals surface area contributed by atoms with Crippen molar-refractivity contribution >= 4 is 5.97 Å². The minimum absolute atomic E-state index is 0.302. The minimum atomic E-state index is -0.866. The standard InChI is InChI=1S/C12H24N2O2/c1-11(2,3)12(4,10(15)16)14-9-5-7-13-8-6-9/h9,13-14H,5-8H2,1-4H3,(H,15,16)/t12-/m0/s1. The van der Waals surface area contributed by atoms with Crippen LogP contribution in [0.25, 0.3) is 0 Å². The summed E-state index contributed by atoms with van der Waals surface area (Å²) in [7, 11) is 0. The Hall–Kier alpha value is -0.610. The largest absolute Gasteiger partial charge is 0.480 e. The number of rotatable bonds is 3. The van der Waals surface area contributed by atoms with Gasteiger partial charge in [-0.05, 0) is 38.3 Å². The van der Waals surface area contributed by atoms with E-state index in [1.165, 1.54) is 0 Å². The summed E-state index contributed by atoms with van der Waals surface area (Å²) in [6, 6.07) is 0.307. The summed E-state index contributed by atoms with van der Waals surface area (Å²) in [5, 5.41) is 16.0. The monoisotopic (exact) mass is 228 g/mol. The molecule has 3 N–H and O–H groups in total. The van der Waals surface area contributed by atoms with Gasteiger partial charge in [0.25, 0.3) is 0 Å². The SMILES string of the molecule is CC(C)(C)[C@@](C)(NC1CCNCC1)C(=O)O. The normalized spacial score (nSPS) is 22.8. The van der Waals surface area contributed by atoms with Gasteiger partial charge in [0, 0.05) is 6.04 Å². The molecule has 0 bridgehead atoms. The summed E-state index contributed by atoms with van der Waals surface area (Å²) in [6.07, 6.45) is 2.00. The smallest absolute Gasteiger partial charge is 0.324 e. The van der Waals surface area contributed by atoms with Crippen molar-refractivity contribution in [1.29, 1.82) is 0 Å². The zero-order valence-corrected chi connectivity index (χ0v) is 10.8. The Morgan fingerprint density at radius 2 is 1.75 bits per heavy atom. The van der Waals surface area contributed by atoms with Gasteiger partial charge in [0.05, 0.1) is 0 Å². The number of hydrogen-bond donors (Lipinski definition) is 3. The highest BCUT2D eigenvalue weighted by molar-refractivity contribution is 5.79. The van der Waals surface area contributed by atoms with Gasteiger partial charge in [-0.2, -0.15) is 0 Å². The van der Waals surface area contributed by atoms with Gasteiger partial charge in [0.1, 0.15) is 5.54 Å². The maximum absolute atomic E-state index is 11.5. The summed E-state index contributed by atoms with van der Waals surface area (Å²) in [4.78, 5) is 11.5. The molecule has 1 aliphatic rings. The van der Waals surface area contributed by atoms with Crippen LogP contribution in [0.5, 0.6) is 0 Å². The van der Waals surface area contributed by atoms with Crippen molar-refractivity contribution < 1.29 is 9.90 Å². The van der Waals surface area contributed by atoms with E-state index in [9.17, 15) is 9.90 Å². The predicted octanol–water partition coefficient (Wildman–Crippen LogP) is 1.22. The molecule has 1 atom stereocenters. The third-order valence-electron chi connectivity index (χ3n) is 3.76. The molecule has 0 spiro atoms. The van der Waals surface area contributed by atoms with Crippen molar-refractivity contribution in [3.05, 3.63) is 0 Å². The molecule has 0 saturated carbocycles. The van der Waals surface area contributed by atoms with E-state index in [0.717, 1.165) is 25.9 Å². The molecule has 0 aliphatic carbocycles. The summed E-state index contributed by atoms with van der Waals surface area (Å²) in [6.45, 7) is 9.63. The fraction of sp³-hybridized carbons (Fsp3) is 0.917. The topological polar surface area (TPSA) is 61.4 Å². The maximum atomic E-state index is 11.5. The first-order valence-corrected chi connectivity index (χ1v) is 5.99. The van der Waals surface area contributed by atoms with Gasteiger partial charge in [0.15, 0.2) is 0 Å². The van der Waals surface area contributed by atoms with E-state index in [1.807, 2.05) is 20.8 Å². The van der Waals surface area contributed by atoms with Crippen LogP contribution in [-0.2, 0) is 4.79 Å². The zero-order valence-electron chi connectivity index (χ0n) is 10.8. The zero-order chi connectivity index (χ0) is 12.4. The second-order valence-corrected chi connectivity index (χ2v) is 5.85. The minimum Gasteiger partial charge on any atom is -0.480 e. The molecule has 0 unspecified atom stereocenters. The molecule has 1 aliphatic heterocycles. The highest BCUT2D eigenvalue weighted by Gasteiger charge is 2.45. The number of carboxylic acid groups (broad SMARTS) is 1. The Labute approximate surface area is 97.8 Å². The fourth-order valence-electron chi connectivity index (χ4n) is 1.97. The lowest BCUT2D eigenvalue weighted by atomic mass is 9.74. The number of carbonyl (C=O) groups is 1. The third kappa shape index (κ3) is 2.74. The van der Waals surface area contributed by atoms with Crippen LogP contribution < -0.4 is 10.6 Å². The van der Waals surface area contributed by atoms with Crippen molar-refractivity contribution in [1.82, 2.24) is 10.6 Å². The lowest BCUT2D eigenvalue weighted by molar-refractivity contribution is -0.149. The number of hydrogen-bond acceptors (Lipinski definition) is 3. The average molecular weight is 228 g/mol. The molecule has 1 heterocycles. The van der Waals surface area contributed by atoms with E-state index < -0.39 is 11.5 Å². The molecule has 1 saturated heterocycles. The first-order valence-electron chi connectivity index (χ1n) is 5.99. The van der Waals surface area contributed by atoms with Gasteiger partial charge in [0.2, 0.25) is 0 Å². The molecule has 4 heteroatoms. The van der Waals surface area contributed by atoms with Crippen molar-refractivity contribution in [2.75, 3.05) is 13.1 Å². The highest BCUT2D eigenvalue weighted by atomic mass is 16.4. The van der Waals surface area contributed by atoms with Crippen LogP contribution in [0.3, 0.4) is 0 Å². The first kappa shape index (κ1) is 13.5. The second-order valence-electron chi connectivity index (χ2n) is 5.85. The molecule has 0 radical (unpaired) electrons. The van der Waals surface area contributed by atoms with Crippen LogP contribution in [0.1, 0.15) is 40.5 Å². The van der Waals surface area contributed by atoms with Crippen LogP contribution in [0.4, 0.5) is 0 Å². The number of nitrogens with one attached hydrogen (secondary N) is 2. The fourth-order valence-corrected chi connectivity index (χ4v) is 1.97. The molecule has 0 aromatic heterocycles. The maximum Gasteiger partial charge on any atom is 0.324 e. The summed E-state index contributed by atoms with van der Waals surface area (Å²) in [5.41, 5.74) is -1.17. The van der Waals surface area contributed by atoms with E-state index >= 15 is 0 Å². The number of piperidine rings is 1. The van der Waals surface area contributed by atoms with Crippen LogP contribution in [0.2, 0.25) is 0 Å². The second kappa shape index (κ2) is 4.72. The molecule has 0 aromatic rings. The van der Waals surface area contributed by atoms with Crippen LogP contribution in [-0.4, -0.2) is 35.7 Å². The summed E-state index contributed by atoms with van der Waals surface area (Å²) >= 11 is 0. The molecule has 16 heavy (non-hydrogen) atoms. The lowest BCUT2D eigenvalue weighted by Gasteiger charge is -2.42. The Morgan fingerprint density at radius 1 is 1.25 bits per heavy atom. The van der Waals surface area contributed by atoms with Crippen LogP contribution >= 0.6 is 0 Å². The van der Waals surface area contributed by atoms with Crippen LogP contribution in [0, 0.1) is 5.41 Å². The quantitative estimate of drug-likeness (QED) is 0.679. The van der Waals surface area contributed by atoms with E-state index in [1.54, 1.807) is 6.92 Å². The molecule has 1 fully saturated rings. The Morgan fingerprint density at radius 3 is 2.12 bits per heavy atom. The number of carboxylic acids is 1. The van der Waals surface area contributed by atoms with Crippen molar-refractivity contribution in [2.45, 2.75) is 52.1 Å². The molecule has 0 amide bonds. The molecule has 4 nitrogen and oxygen atoms in total. The molecule has 94 valence electrons. The first-order chi connectivity index (χ1) is 7.27. The van der Waals surface area contributed by atoms with Crippen molar-refractivity contribution in [3.8, 4) is 0 Å². The average Bonchev–Trinajstić information content (AvgIpc) is 2.17. The van der Waals surface area contributed by atoms with E-state index in [-0.39, 0.29) is 5.41 Å². The Balaban J connectivity index is 2.74. The lowest BCUT2D eigenvalue weighted by Crippen LogP contribution is -2.62. The van der Waals surface area contributed by atoms with E-state index in [2.05, 4.69) is 10.6 Å². The third-order valence-corrected chi connectivity index (χ3v) is 3.76. The van der Waals surface area contributed by atoms with Crippen LogP contribution in [0.15, 0.2) is 0 Å². The van der Waals surface area contributed by atoms with Gasteiger partial charge in [-0.15, -0.1) is 0 Å². The molecular formula is C12H24N2O2. The highest BCUT2D eigenvalue weighted by Crippen LogP contribution is 2.31. The summed E-state index contributed by atoms with van der Waals surface area (Å²) < 4.78 is 0. The number of aliphatic carboxylic acids is 1. The molecule has 1 rings (SSSR count). The van der Waals surface area contributed by atoms with Gasteiger partial charge < -0.3 is 10.4 Å². The van der Waals surface area contributed by atoms with Gasteiger partial charge in [-0.3, -0.25) is 10.1 Å². The van der Waals surface area contributed by atoms with E-state index in [0.29, 0.717) is 6.04 Å². The molecule has 0 aromatic carbocycles. The van der Waals surface area contributed by atoms with Crippen molar-refractivity contribution in [2.24, 2.45) is 5.41 Å². The van der Waals surface area contributed by atoms with Crippen molar-refractivity contribution in [3.63, 3.8) is 0 Å². The Bertz CT molecular complexity index is 254.